The largest absolute Gasteiger partial charge is 0.327 e. The van der Waals surface area contributed by atoms with Crippen LogP contribution in [0.3, 0.4) is 0 Å². The third-order valence-electron chi connectivity index (χ3n) is 3.64. The summed E-state index contributed by atoms with van der Waals surface area (Å²) in [5.74, 6) is 0.215. The van der Waals surface area contributed by atoms with Crippen LogP contribution in [-0.2, 0) is 12.8 Å². The molecule has 0 radical (unpaired) electrons. The zero-order valence-electron chi connectivity index (χ0n) is 12.4. The molecule has 3 heteroatoms. The minimum atomic E-state index is -0.318. The van der Waals surface area contributed by atoms with Gasteiger partial charge in [-0.2, -0.15) is 0 Å². The van der Waals surface area contributed by atoms with Crippen molar-refractivity contribution in [3.05, 3.63) is 70.0 Å². The molecule has 0 heterocycles. The Bertz CT molecular complexity index is 593. The number of nitrogens with two attached hydrogens (primary N) is 1. The van der Waals surface area contributed by atoms with Gasteiger partial charge in [-0.15, -0.1) is 0 Å². The van der Waals surface area contributed by atoms with E-state index in [-0.39, 0.29) is 11.9 Å². The first-order valence-corrected chi connectivity index (χ1v) is 7.62. The molecule has 0 aliphatic carbocycles. The molecule has 0 spiro atoms. The highest BCUT2D eigenvalue weighted by Gasteiger charge is 2.09. The van der Waals surface area contributed by atoms with Crippen LogP contribution in [-0.4, -0.2) is 6.04 Å². The van der Waals surface area contributed by atoms with Gasteiger partial charge in [-0.25, -0.2) is 4.39 Å². The number of hydrogen-bond acceptors (Lipinski definition) is 1. The van der Waals surface area contributed by atoms with Crippen LogP contribution in [0.1, 0.15) is 36.5 Å². The van der Waals surface area contributed by atoms with Gasteiger partial charge in [0.05, 0.1) is 0 Å². The van der Waals surface area contributed by atoms with Crippen LogP contribution in [0.2, 0.25) is 5.02 Å². The summed E-state index contributed by atoms with van der Waals surface area (Å²) in [6.07, 6.45) is 1.43. The number of benzene rings is 2. The molecule has 1 nitrogen and oxygen atoms in total. The van der Waals surface area contributed by atoms with E-state index in [1.807, 2.05) is 0 Å². The SMILES string of the molecule is CC(C)c1ccc(CC(N)Cc2ccc(F)cc2Cl)cc1. The Balaban J connectivity index is 1.99. The zero-order chi connectivity index (χ0) is 15.4. The number of hydrogen-bond donors (Lipinski definition) is 1. The van der Waals surface area contributed by atoms with Crippen molar-refractivity contribution in [1.82, 2.24) is 0 Å². The lowest BCUT2D eigenvalue weighted by atomic mass is 9.97. The molecule has 0 amide bonds. The molecule has 1 atom stereocenters. The molecule has 0 aliphatic rings. The lowest BCUT2D eigenvalue weighted by Gasteiger charge is -2.14. The third-order valence-corrected chi connectivity index (χ3v) is 3.99. The van der Waals surface area contributed by atoms with E-state index in [1.54, 1.807) is 6.07 Å². The first-order chi connectivity index (χ1) is 9.95. The fourth-order valence-electron chi connectivity index (χ4n) is 2.38. The molecular weight excluding hydrogens is 285 g/mol. The van der Waals surface area contributed by atoms with Crippen LogP contribution in [0.4, 0.5) is 4.39 Å². The Hall–Kier alpha value is -1.38. The lowest BCUT2D eigenvalue weighted by Crippen LogP contribution is -2.25. The van der Waals surface area contributed by atoms with Crippen LogP contribution in [0, 0.1) is 5.82 Å². The second-order valence-corrected chi connectivity index (χ2v) is 6.21. The summed E-state index contributed by atoms with van der Waals surface area (Å²) in [7, 11) is 0. The first-order valence-electron chi connectivity index (χ1n) is 7.24. The standard InChI is InChI=1S/C18H21ClFN/c1-12(2)14-5-3-13(4-6-14)9-17(21)10-15-7-8-16(20)11-18(15)19/h3-8,11-12,17H,9-10,21H2,1-2H3. The predicted molar refractivity (Wildman–Crippen MR) is 87.3 cm³/mol. The van der Waals surface area contributed by atoms with Crippen molar-refractivity contribution >= 4 is 11.6 Å². The van der Waals surface area contributed by atoms with Gasteiger partial charge in [-0.1, -0.05) is 55.8 Å². The maximum absolute atomic E-state index is 13.0. The van der Waals surface area contributed by atoms with Crippen LogP contribution in [0.25, 0.3) is 0 Å². The van der Waals surface area contributed by atoms with E-state index in [1.165, 1.54) is 23.3 Å². The summed E-state index contributed by atoms with van der Waals surface area (Å²) in [5, 5.41) is 0.445. The molecule has 2 aromatic carbocycles. The van der Waals surface area contributed by atoms with Gasteiger partial charge in [-0.05, 0) is 47.6 Å². The maximum atomic E-state index is 13.0. The Labute approximate surface area is 130 Å². The molecule has 2 rings (SSSR count). The molecule has 0 aromatic heterocycles. The Kier molecular flexibility index (Phi) is 5.38. The normalized spacial score (nSPS) is 12.7. The highest BCUT2D eigenvalue weighted by Crippen LogP contribution is 2.20. The van der Waals surface area contributed by atoms with E-state index in [2.05, 4.69) is 38.1 Å². The Morgan fingerprint density at radius 3 is 2.29 bits per heavy atom. The molecule has 0 aliphatic heterocycles. The minimum Gasteiger partial charge on any atom is -0.327 e. The smallest absolute Gasteiger partial charge is 0.124 e. The second-order valence-electron chi connectivity index (χ2n) is 5.80. The molecule has 112 valence electrons. The molecule has 0 saturated heterocycles. The molecule has 0 fully saturated rings. The van der Waals surface area contributed by atoms with Gasteiger partial charge in [0.25, 0.3) is 0 Å². The molecule has 21 heavy (non-hydrogen) atoms. The van der Waals surface area contributed by atoms with Crippen molar-refractivity contribution in [2.24, 2.45) is 5.73 Å². The predicted octanol–water partition coefficient (Wildman–Crippen LogP) is 4.72. The van der Waals surface area contributed by atoms with Gasteiger partial charge >= 0.3 is 0 Å². The fraction of sp³-hybridized carbons (Fsp3) is 0.333. The molecule has 2 aromatic rings. The maximum Gasteiger partial charge on any atom is 0.124 e. The van der Waals surface area contributed by atoms with Crippen LogP contribution < -0.4 is 5.73 Å². The van der Waals surface area contributed by atoms with Crippen molar-refractivity contribution in [3.8, 4) is 0 Å². The van der Waals surface area contributed by atoms with E-state index in [0.717, 1.165) is 12.0 Å². The van der Waals surface area contributed by atoms with E-state index in [0.29, 0.717) is 17.4 Å². The summed E-state index contributed by atoms with van der Waals surface area (Å²) >= 11 is 6.04. The summed E-state index contributed by atoms with van der Waals surface area (Å²) in [4.78, 5) is 0. The Morgan fingerprint density at radius 1 is 1.05 bits per heavy atom. The van der Waals surface area contributed by atoms with Crippen molar-refractivity contribution in [1.29, 1.82) is 0 Å². The van der Waals surface area contributed by atoms with Gasteiger partial charge in [-0.3, -0.25) is 0 Å². The van der Waals surface area contributed by atoms with Crippen LogP contribution >= 0.6 is 11.6 Å². The minimum absolute atomic E-state index is 0.0298. The summed E-state index contributed by atoms with van der Waals surface area (Å²) in [6, 6.07) is 13.0. The third kappa shape index (κ3) is 4.55. The van der Waals surface area contributed by atoms with Gasteiger partial charge in [0, 0.05) is 11.1 Å². The molecule has 2 N–H and O–H groups in total. The summed E-state index contributed by atoms with van der Waals surface area (Å²) < 4.78 is 13.0. The first kappa shape index (κ1) is 16.0. The van der Waals surface area contributed by atoms with Crippen LogP contribution in [0.15, 0.2) is 42.5 Å². The van der Waals surface area contributed by atoms with Crippen molar-refractivity contribution in [2.45, 2.75) is 38.6 Å². The van der Waals surface area contributed by atoms with Crippen molar-refractivity contribution < 1.29 is 4.39 Å². The van der Waals surface area contributed by atoms with Gasteiger partial charge in [0.15, 0.2) is 0 Å². The van der Waals surface area contributed by atoms with Crippen molar-refractivity contribution in [2.75, 3.05) is 0 Å². The topological polar surface area (TPSA) is 26.0 Å². The summed E-state index contributed by atoms with van der Waals surface area (Å²) in [5.41, 5.74) is 9.62. The lowest BCUT2D eigenvalue weighted by molar-refractivity contribution is 0.623. The quantitative estimate of drug-likeness (QED) is 0.850. The van der Waals surface area contributed by atoms with Crippen LogP contribution in [0.5, 0.6) is 0 Å². The zero-order valence-corrected chi connectivity index (χ0v) is 13.2. The summed E-state index contributed by atoms with van der Waals surface area (Å²) in [6.45, 7) is 4.36. The van der Waals surface area contributed by atoms with E-state index >= 15 is 0 Å². The fourth-order valence-corrected chi connectivity index (χ4v) is 2.63. The highest BCUT2D eigenvalue weighted by atomic mass is 35.5. The molecule has 1 unspecified atom stereocenters. The highest BCUT2D eigenvalue weighted by molar-refractivity contribution is 6.31. The average molecular weight is 306 g/mol. The monoisotopic (exact) mass is 305 g/mol. The van der Waals surface area contributed by atoms with Crippen molar-refractivity contribution in [3.63, 3.8) is 0 Å². The molecular formula is C18H21ClFN. The second kappa shape index (κ2) is 7.06. The molecule has 0 saturated carbocycles. The van der Waals surface area contributed by atoms with E-state index in [4.69, 9.17) is 17.3 Å². The molecule has 0 bridgehead atoms. The van der Waals surface area contributed by atoms with E-state index < -0.39 is 0 Å². The average Bonchev–Trinajstić information content (AvgIpc) is 2.42. The Morgan fingerprint density at radius 2 is 1.71 bits per heavy atom. The van der Waals surface area contributed by atoms with E-state index in [9.17, 15) is 4.39 Å². The number of halogens is 2. The number of rotatable bonds is 5. The van der Waals surface area contributed by atoms with Gasteiger partial charge in [0.1, 0.15) is 5.82 Å². The van der Waals surface area contributed by atoms with Gasteiger partial charge < -0.3 is 5.73 Å². The van der Waals surface area contributed by atoms with Gasteiger partial charge in [0.2, 0.25) is 0 Å².